The molecule has 1 aromatic heterocycles. The summed E-state index contributed by atoms with van der Waals surface area (Å²) in [4.78, 5) is 20.2. The molecule has 0 atom stereocenters. The second kappa shape index (κ2) is 7.63. The fraction of sp³-hybridized carbons (Fsp3) is 0.267. The molecule has 0 saturated heterocycles. The fourth-order valence-corrected chi connectivity index (χ4v) is 3.93. The van der Waals surface area contributed by atoms with Crippen molar-refractivity contribution < 1.29 is 13.2 Å². The molecule has 2 rings (SSSR count). The molecule has 0 saturated carbocycles. The van der Waals surface area contributed by atoms with E-state index in [0.29, 0.717) is 22.7 Å². The first-order chi connectivity index (χ1) is 11.3. The smallest absolute Gasteiger partial charge is 0.275 e. The summed E-state index contributed by atoms with van der Waals surface area (Å²) in [7, 11) is -3.98. The summed E-state index contributed by atoms with van der Waals surface area (Å²) >= 11 is 1.50. The number of carbonyl (C=O) groups is 1. The van der Waals surface area contributed by atoms with Crippen LogP contribution in [0.4, 0.5) is 10.7 Å². The molecule has 0 unspecified atom stereocenters. The minimum absolute atomic E-state index is 0.0533. The van der Waals surface area contributed by atoms with Gasteiger partial charge in [-0.3, -0.25) is 5.32 Å². The summed E-state index contributed by atoms with van der Waals surface area (Å²) in [6.07, 6.45) is 1.88. The molecule has 2 aromatic rings. The first-order valence-electron chi connectivity index (χ1n) is 7.05. The van der Waals surface area contributed by atoms with Crippen LogP contribution in [-0.4, -0.2) is 30.7 Å². The number of rotatable bonds is 5. The molecule has 2 amide bonds. The molecule has 0 aliphatic carbocycles. The highest BCUT2D eigenvalue weighted by Crippen LogP contribution is 2.19. The highest BCUT2D eigenvalue weighted by molar-refractivity contribution is 7.97. The van der Waals surface area contributed by atoms with Gasteiger partial charge in [0.15, 0.2) is 0 Å². The first kappa shape index (κ1) is 18.2. The number of benzene rings is 1. The minimum atomic E-state index is -3.98. The van der Waals surface area contributed by atoms with Gasteiger partial charge in [-0.2, -0.15) is 11.8 Å². The molecule has 9 heteroatoms. The topological polar surface area (TPSA) is 101 Å². The van der Waals surface area contributed by atoms with E-state index in [1.165, 1.54) is 17.8 Å². The van der Waals surface area contributed by atoms with Crippen molar-refractivity contribution >= 4 is 33.8 Å². The van der Waals surface area contributed by atoms with Gasteiger partial charge in [-0.05, 0) is 37.8 Å². The molecule has 128 valence electrons. The lowest BCUT2D eigenvalue weighted by Gasteiger charge is -2.11. The lowest BCUT2D eigenvalue weighted by Crippen LogP contribution is -2.35. The van der Waals surface area contributed by atoms with Gasteiger partial charge in [0.1, 0.15) is 0 Å². The molecular formula is C15H18N4O3S2. The summed E-state index contributed by atoms with van der Waals surface area (Å²) in [5.74, 6) is 0.580. The zero-order valence-electron chi connectivity index (χ0n) is 13.5. The van der Waals surface area contributed by atoms with Gasteiger partial charge in [0.05, 0.1) is 4.90 Å². The van der Waals surface area contributed by atoms with Crippen LogP contribution in [0.5, 0.6) is 0 Å². The molecule has 2 N–H and O–H groups in total. The van der Waals surface area contributed by atoms with E-state index in [0.717, 1.165) is 0 Å². The number of anilines is 1. The predicted octanol–water partition coefficient (Wildman–Crippen LogP) is 2.47. The van der Waals surface area contributed by atoms with Crippen molar-refractivity contribution in [2.75, 3.05) is 11.6 Å². The number of hydrogen-bond donors (Lipinski definition) is 2. The quantitative estimate of drug-likeness (QED) is 0.843. The Hall–Kier alpha value is -2.13. The van der Waals surface area contributed by atoms with E-state index in [-0.39, 0.29) is 10.8 Å². The van der Waals surface area contributed by atoms with E-state index >= 15 is 0 Å². The number of hydrogen-bond acceptors (Lipinski definition) is 6. The van der Waals surface area contributed by atoms with Gasteiger partial charge >= 0.3 is 6.03 Å². The molecule has 1 aromatic carbocycles. The van der Waals surface area contributed by atoms with Gasteiger partial charge < -0.3 is 0 Å². The van der Waals surface area contributed by atoms with Crippen molar-refractivity contribution in [2.45, 2.75) is 24.5 Å². The van der Waals surface area contributed by atoms with Crippen LogP contribution in [0.1, 0.15) is 17.0 Å². The standard InChI is InChI=1S/C15H18N4O3S2/c1-10-8-11(2)17-14(16-10)18-15(20)19-24(21,22)13-7-5-4-6-12(13)9-23-3/h4-8H,9H2,1-3H3,(H2,16,17,18,19,20). The number of sulfonamides is 1. The Labute approximate surface area is 145 Å². The van der Waals surface area contributed by atoms with Crippen LogP contribution in [0.15, 0.2) is 35.2 Å². The second-order valence-corrected chi connectivity index (χ2v) is 7.59. The maximum atomic E-state index is 12.4. The molecule has 0 spiro atoms. The molecule has 0 bridgehead atoms. The van der Waals surface area contributed by atoms with Crippen LogP contribution in [-0.2, 0) is 15.8 Å². The first-order valence-corrected chi connectivity index (χ1v) is 9.92. The third-order valence-electron chi connectivity index (χ3n) is 3.00. The third kappa shape index (κ3) is 4.68. The normalized spacial score (nSPS) is 11.1. The van der Waals surface area contributed by atoms with Gasteiger partial charge in [0.2, 0.25) is 5.95 Å². The van der Waals surface area contributed by atoms with Crippen molar-refractivity contribution in [3.63, 3.8) is 0 Å². The van der Waals surface area contributed by atoms with Crippen LogP contribution in [0.3, 0.4) is 0 Å². The molecule has 24 heavy (non-hydrogen) atoms. The van der Waals surface area contributed by atoms with E-state index in [4.69, 9.17) is 0 Å². The van der Waals surface area contributed by atoms with Crippen LogP contribution >= 0.6 is 11.8 Å². The third-order valence-corrected chi connectivity index (χ3v) is 5.03. The summed E-state index contributed by atoms with van der Waals surface area (Å²) in [6, 6.07) is 7.40. The Bertz CT molecular complexity index is 833. The monoisotopic (exact) mass is 366 g/mol. The maximum Gasteiger partial charge on any atom is 0.335 e. The van der Waals surface area contributed by atoms with Gasteiger partial charge in [0.25, 0.3) is 10.0 Å². The lowest BCUT2D eigenvalue weighted by atomic mass is 10.2. The Morgan fingerprint density at radius 3 is 2.42 bits per heavy atom. The van der Waals surface area contributed by atoms with Crippen molar-refractivity contribution in [1.29, 1.82) is 0 Å². The molecule has 0 aliphatic heterocycles. The number of nitrogens with one attached hydrogen (secondary N) is 2. The molecule has 7 nitrogen and oxygen atoms in total. The van der Waals surface area contributed by atoms with E-state index < -0.39 is 16.1 Å². The Morgan fingerprint density at radius 2 is 1.79 bits per heavy atom. The number of urea groups is 1. The largest absolute Gasteiger partial charge is 0.335 e. The number of nitrogens with zero attached hydrogens (tertiary/aromatic N) is 2. The number of amides is 2. The van der Waals surface area contributed by atoms with Crippen LogP contribution in [0.2, 0.25) is 0 Å². The highest BCUT2D eigenvalue weighted by atomic mass is 32.2. The Kier molecular flexibility index (Phi) is 5.79. The Morgan fingerprint density at radius 1 is 1.17 bits per heavy atom. The van der Waals surface area contributed by atoms with Crippen LogP contribution in [0.25, 0.3) is 0 Å². The van der Waals surface area contributed by atoms with E-state index in [1.807, 2.05) is 11.0 Å². The zero-order valence-corrected chi connectivity index (χ0v) is 15.2. The number of aryl methyl sites for hydroxylation is 2. The summed E-state index contributed by atoms with van der Waals surface area (Å²) in [6.45, 7) is 3.51. The molecule has 1 heterocycles. The molecule has 0 aliphatic rings. The van der Waals surface area contributed by atoms with Gasteiger partial charge in [0, 0.05) is 17.1 Å². The van der Waals surface area contributed by atoms with Gasteiger partial charge in [-0.25, -0.2) is 27.9 Å². The van der Waals surface area contributed by atoms with Gasteiger partial charge in [-0.15, -0.1) is 0 Å². The molecule has 0 radical (unpaired) electrons. The SMILES string of the molecule is CSCc1ccccc1S(=O)(=O)NC(=O)Nc1nc(C)cc(C)n1. The molecule has 0 fully saturated rings. The van der Waals surface area contributed by atoms with Crippen molar-refractivity contribution in [1.82, 2.24) is 14.7 Å². The Balaban J connectivity index is 2.18. The van der Waals surface area contributed by atoms with Crippen LogP contribution < -0.4 is 10.0 Å². The predicted molar refractivity (Wildman–Crippen MR) is 94.5 cm³/mol. The van der Waals surface area contributed by atoms with E-state index in [1.54, 1.807) is 38.1 Å². The van der Waals surface area contributed by atoms with Crippen molar-refractivity contribution in [3.8, 4) is 0 Å². The summed E-state index contributed by atoms with van der Waals surface area (Å²) in [5.41, 5.74) is 1.98. The second-order valence-electron chi connectivity index (χ2n) is 5.07. The van der Waals surface area contributed by atoms with Crippen LogP contribution in [0, 0.1) is 13.8 Å². The average Bonchev–Trinajstić information content (AvgIpc) is 2.46. The molecular weight excluding hydrogens is 348 g/mol. The number of carbonyl (C=O) groups excluding carboxylic acids is 1. The fourth-order valence-electron chi connectivity index (χ4n) is 2.13. The summed E-state index contributed by atoms with van der Waals surface area (Å²) in [5, 5.41) is 2.34. The lowest BCUT2D eigenvalue weighted by molar-refractivity contribution is 0.256. The van der Waals surface area contributed by atoms with E-state index in [9.17, 15) is 13.2 Å². The number of thioether (sulfide) groups is 1. The van der Waals surface area contributed by atoms with E-state index in [2.05, 4.69) is 15.3 Å². The zero-order chi connectivity index (χ0) is 17.7. The van der Waals surface area contributed by atoms with Crippen molar-refractivity contribution in [2.24, 2.45) is 0 Å². The maximum absolute atomic E-state index is 12.4. The van der Waals surface area contributed by atoms with Crippen molar-refractivity contribution in [3.05, 3.63) is 47.3 Å². The minimum Gasteiger partial charge on any atom is -0.275 e. The average molecular weight is 366 g/mol. The summed E-state index contributed by atoms with van der Waals surface area (Å²) < 4.78 is 26.9. The number of aromatic nitrogens is 2. The highest BCUT2D eigenvalue weighted by Gasteiger charge is 2.21. The van der Waals surface area contributed by atoms with Gasteiger partial charge in [-0.1, -0.05) is 18.2 Å².